The second-order valence-electron chi connectivity index (χ2n) is 3.85. The second-order valence-corrected chi connectivity index (χ2v) is 4.77. The SMILES string of the molecule is Cc1oc(COc2cc(Br)ccc2F)cc1C(=O)O. The monoisotopic (exact) mass is 328 g/mol. The lowest BCUT2D eigenvalue weighted by atomic mass is 10.2. The number of ether oxygens (including phenoxy) is 1. The van der Waals surface area contributed by atoms with Crippen LogP contribution in [0.25, 0.3) is 0 Å². The Kier molecular flexibility index (Phi) is 3.90. The first-order valence-corrected chi connectivity index (χ1v) is 6.17. The summed E-state index contributed by atoms with van der Waals surface area (Å²) >= 11 is 3.21. The van der Waals surface area contributed by atoms with Crippen molar-refractivity contribution in [1.82, 2.24) is 0 Å². The first kappa shape index (κ1) is 13.6. The van der Waals surface area contributed by atoms with Crippen molar-refractivity contribution in [2.75, 3.05) is 0 Å². The lowest BCUT2D eigenvalue weighted by Gasteiger charge is -2.05. The first-order valence-electron chi connectivity index (χ1n) is 5.38. The molecule has 0 saturated carbocycles. The molecule has 1 N–H and O–H groups in total. The van der Waals surface area contributed by atoms with E-state index in [0.29, 0.717) is 16.0 Å². The Morgan fingerprint density at radius 2 is 2.21 bits per heavy atom. The number of hydrogen-bond donors (Lipinski definition) is 1. The van der Waals surface area contributed by atoms with E-state index in [1.165, 1.54) is 18.2 Å². The Bertz CT molecular complexity index is 621. The van der Waals surface area contributed by atoms with Crippen LogP contribution in [0.1, 0.15) is 21.9 Å². The van der Waals surface area contributed by atoms with Crippen LogP contribution in [0.3, 0.4) is 0 Å². The highest BCUT2D eigenvalue weighted by atomic mass is 79.9. The fourth-order valence-corrected chi connectivity index (χ4v) is 1.90. The fraction of sp³-hybridized carbons (Fsp3) is 0.154. The predicted molar refractivity (Wildman–Crippen MR) is 68.8 cm³/mol. The Hall–Kier alpha value is -1.82. The topological polar surface area (TPSA) is 59.7 Å². The van der Waals surface area contributed by atoms with Crippen molar-refractivity contribution in [2.45, 2.75) is 13.5 Å². The quantitative estimate of drug-likeness (QED) is 0.928. The number of aromatic carboxylic acids is 1. The van der Waals surface area contributed by atoms with Crippen LogP contribution in [0, 0.1) is 12.7 Å². The molecular weight excluding hydrogens is 319 g/mol. The van der Waals surface area contributed by atoms with Gasteiger partial charge in [-0.2, -0.15) is 0 Å². The van der Waals surface area contributed by atoms with Gasteiger partial charge in [0.2, 0.25) is 0 Å². The van der Waals surface area contributed by atoms with E-state index in [9.17, 15) is 9.18 Å². The standard InChI is InChI=1S/C13H10BrFO4/c1-7-10(13(16)17)5-9(19-7)6-18-12-4-8(14)2-3-11(12)15/h2-5H,6H2,1H3,(H,16,17). The average Bonchev–Trinajstić information content (AvgIpc) is 2.72. The lowest BCUT2D eigenvalue weighted by molar-refractivity contribution is 0.0695. The summed E-state index contributed by atoms with van der Waals surface area (Å²) in [5.74, 6) is -0.874. The minimum absolute atomic E-state index is 0.0402. The van der Waals surface area contributed by atoms with Crippen molar-refractivity contribution in [1.29, 1.82) is 0 Å². The zero-order valence-corrected chi connectivity index (χ0v) is 11.5. The third-order valence-corrected chi connectivity index (χ3v) is 2.96. The molecule has 0 bridgehead atoms. The maximum absolute atomic E-state index is 13.4. The maximum Gasteiger partial charge on any atom is 0.339 e. The number of carboxylic acids is 1. The van der Waals surface area contributed by atoms with E-state index < -0.39 is 11.8 Å². The van der Waals surface area contributed by atoms with Crippen LogP contribution in [0.2, 0.25) is 0 Å². The van der Waals surface area contributed by atoms with E-state index >= 15 is 0 Å². The summed E-state index contributed by atoms with van der Waals surface area (Å²) in [5, 5.41) is 8.88. The van der Waals surface area contributed by atoms with E-state index in [0.717, 1.165) is 0 Å². The predicted octanol–water partition coefficient (Wildman–Crippen LogP) is 3.77. The number of rotatable bonds is 4. The van der Waals surface area contributed by atoms with E-state index in [4.69, 9.17) is 14.3 Å². The van der Waals surface area contributed by atoms with Gasteiger partial charge in [0.15, 0.2) is 11.6 Å². The minimum atomic E-state index is -1.07. The summed E-state index contributed by atoms with van der Waals surface area (Å²) in [6.45, 7) is 1.51. The molecule has 6 heteroatoms. The van der Waals surface area contributed by atoms with Crippen molar-refractivity contribution >= 4 is 21.9 Å². The summed E-state index contributed by atoms with van der Waals surface area (Å²) in [5.41, 5.74) is 0.0771. The Balaban J connectivity index is 2.12. The summed E-state index contributed by atoms with van der Waals surface area (Å²) < 4.78 is 24.6. The summed E-state index contributed by atoms with van der Waals surface area (Å²) in [6.07, 6.45) is 0. The van der Waals surface area contributed by atoms with E-state index in [2.05, 4.69) is 15.9 Å². The fourth-order valence-electron chi connectivity index (χ4n) is 1.56. The number of carbonyl (C=O) groups is 1. The molecule has 4 nitrogen and oxygen atoms in total. The summed E-state index contributed by atoms with van der Waals surface area (Å²) in [6, 6.07) is 5.69. The molecule has 100 valence electrons. The highest BCUT2D eigenvalue weighted by Crippen LogP contribution is 2.24. The maximum atomic E-state index is 13.4. The van der Waals surface area contributed by atoms with Crippen molar-refractivity contribution < 1.29 is 23.4 Å². The molecule has 0 saturated heterocycles. The van der Waals surface area contributed by atoms with Crippen LogP contribution in [0.5, 0.6) is 5.75 Å². The lowest BCUT2D eigenvalue weighted by Crippen LogP contribution is -1.97. The van der Waals surface area contributed by atoms with Crippen LogP contribution < -0.4 is 4.74 Å². The molecule has 0 aliphatic carbocycles. The molecule has 1 aromatic heterocycles. The van der Waals surface area contributed by atoms with Crippen molar-refractivity contribution in [3.63, 3.8) is 0 Å². The van der Waals surface area contributed by atoms with Crippen molar-refractivity contribution in [3.05, 3.63) is 51.6 Å². The first-order chi connectivity index (χ1) is 8.97. The third kappa shape index (κ3) is 3.14. The number of furan rings is 1. The Morgan fingerprint density at radius 1 is 1.47 bits per heavy atom. The largest absolute Gasteiger partial charge is 0.483 e. The van der Waals surface area contributed by atoms with Crippen LogP contribution >= 0.6 is 15.9 Å². The molecule has 2 rings (SSSR count). The molecule has 0 spiro atoms. The van der Waals surface area contributed by atoms with Gasteiger partial charge in [-0.25, -0.2) is 9.18 Å². The Morgan fingerprint density at radius 3 is 2.84 bits per heavy atom. The van der Waals surface area contributed by atoms with Crippen LogP contribution in [-0.2, 0) is 6.61 Å². The summed E-state index contributed by atoms with van der Waals surface area (Å²) in [7, 11) is 0. The van der Waals surface area contributed by atoms with Crippen LogP contribution in [0.4, 0.5) is 4.39 Å². The molecular formula is C13H10BrFO4. The molecule has 0 aliphatic heterocycles. The molecule has 0 atom stereocenters. The van der Waals surface area contributed by atoms with Gasteiger partial charge in [-0.15, -0.1) is 0 Å². The van der Waals surface area contributed by atoms with Gasteiger partial charge in [-0.1, -0.05) is 15.9 Å². The number of halogens is 2. The molecule has 0 amide bonds. The van der Waals surface area contributed by atoms with Gasteiger partial charge in [0.25, 0.3) is 0 Å². The van der Waals surface area contributed by atoms with E-state index in [1.807, 2.05) is 0 Å². The highest BCUT2D eigenvalue weighted by Gasteiger charge is 2.14. The number of hydrogen-bond acceptors (Lipinski definition) is 3. The van der Waals surface area contributed by atoms with Gasteiger partial charge in [-0.3, -0.25) is 0 Å². The zero-order valence-electron chi connectivity index (χ0n) is 9.94. The summed E-state index contributed by atoms with van der Waals surface area (Å²) in [4.78, 5) is 10.8. The third-order valence-electron chi connectivity index (χ3n) is 2.46. The zero-order chi connectivity index (χ0) is 14.0. The van der Waals surface area contributed by atoms with Gasteiger partial charge in [-0.05, 0) is 31.2 Å². The normalized spacial score (nSPS) is 10.5. The van der Waals surface area contributed by atoms with Crippen molar-refractivity contribution in [3.8, 4) is 5.75 Å². The molecule has 0 fully saturated rings. The molecule has 0 unspecified atom stereocenters. The molecule has 1 heterocycles. The van der Waals surface area contributed by atoms with E-state index in [-0.39, 0.29) is 17.9 Å². The number of benzene rings is 1. The molecule has 0 radical (unpaired) electrons. The van der Waals surface area contributed by atoms with Gasteiger partial charge in [0, 0.05) is 4.47 Å². The smallest absolute Gasteiger partial charge is 0.339 e. The van der Waals surface area contributed by atoms with Gasteiger partial charge >= 0.3 is 5.97 Å². The number of aryl methyl sites for hydroxylation is 1. The van der Waals surface area contributed by atoms with Gasteiger partial charge < -0.3 is 14.3 Å². The van der Waals surface area contributed by atoms with Gasteiger partial charge in [0.05, 0.1) is 0 Å². The average molecular weight is 329 g/mol. The Labute approximate surface area is 116 Å². The molecule has 1 aromatic carbocycles. The molecule has 19 heavy (non-hydrogen) atoms. The van der Waals surface area contributed by atoms with E-state index in [1.54, 1.807) is 13.0 Å². The highest BCUT2D eigenvalue weighted by molar-refractivity contribution is 9.10. The molecule has 2 aromatic rings. The second kappa shape index (κ2) is 5.44. The minimum Gasteiger partial charge on any atom is -0.483 e. The molecule has 0 aliphatic rings. The van der Waals surface area contributed by atoms with Gasteiger partial charge in [0.1, 0.15) is 23.7 Å². The van der Waals surface area contributed by atoms with Crippen LogP contribution in [-0.4, -0.2) is 11.1 Å². The van der Waals surface area contributed by atoms with Crippen molar-refractivity contribution in [2.24, 2.45) is 0 Å². The van der Waals surface area contributed by atoms with Crippen LogP contribution in [0.15, 0.2) is 33.2 Å². The number of carboxylic acid groups (broad SMARTS) is 1.